The van der Waals surface area contributed by atoms with Crippen LogP contribution in [0.4, 0.5) is 28.9 Å². The number of carbonyl (C=O) groups excluding carboxylic acids is 2. The Morgan fingerprint density at radius 1 is 1.22 bits per heavy atom. The van der Waals surface area contributed by atoms with Gasteiger partial charge < -0.3 is 11.1 Å². The first kappa shape index (κ1) is 24.7. The van der Waals surface area contributed by atoms with Gasteiger partial charge in [-0.1, -0.05) is 12.1 Å². The molecule has 2 amide bonds. The third kappa shape index (κ3) is 4.24. The summed E-state index contributed by atoms with van der Waals surface area (Å²) in [5.41, 5.74) is 2.75. The Bertz CT molecular complexity index is 1560. The zero-order valence-electron chi connectivity index (χ0n) is 18.3. The summed E-state index contributed by atoms with van der Waals surface area (Å²) in [5.74, 6) is -2.78. The molecule has 0 atom stereocenters. The first-order valence-electron chi connectivity index (χ1n) is 9.89. The predicted molar refractivity (Wildman–Crippen MR) is 121 cm³/mol. The van der Waals surface area contributed by atoms with E-state index < -0.39 is 45.8 Å². The molecule has 3 heterocycles. The fourth-order valence-corrected chi connectivity index (χ4v) is 4.69. The molecule has 186 valence electrons. The lowest BCUT2D eigenvalue weighted by atomic mass is 10.0. The fraction of sp³-hybridized carbons (Fsp3) is 0.143. The SMILES string of the molecule is Cc1nn(C)c(C(=O)Nc2c(C(N)=O)sc3nc(C(F)(F)F)cc(-c4ccc(F)cc4)c23)c1[N+](=O)[O-]. The Balaban J connectivity index is 2.00. The second kappa shape index (κ2) is 8.67. The summed E-state index contributed by atoms with van der Waals surface area (Å²) < 4.78 is 55.2. The van der Waals surface area contributed by atoms with Crippen molar-refractivity contribution in [3.63, 3.8) is 0 Å². The van der Waals surface area contributed by atoms with Gasteiger partial charge in [-0.05, 0) is 36.2 Å². The molecule has 3 aromatic heterocycles. The smallest absolute Gasteiger partial charge is 0.365 e. The van der Waals surface area contributed by atoms with Gasteiger partial charge >= 0.3 is 11.9 Å². The highest BCUT2D eigenvalue weighted by Gasteiger charge is 2.36. The molecule has 36 heavy (non-hydrogen) atoms. The van der Waals surface area contributed by atoms with Gasteiger partial charge in [-0.3, -0.25) is 24.4 Å². The first-order valence-corrected chi connectivity index (χ1v) is 10.7. The van der Waals surface area contributed by atoms with E-state index in [9.17, 15) is 37.3 Å². The number of carbonyl (C=O) groups is 2. The number of nitrogens with zero attached hydrogens (tertiary/aromatic N) is 4. The maximum Gasteiger partial charge on any atom is 0.433 e. The van der Waals surface area contributed by atoms with Gasteiger partial charge in [0.2, 0.25) is 5.69 Å². The van der Waals surface area contributed by atoms with Gasteiger partial charge in [-0.25, -0.2) is 9.37 Å². The Labute approximate surface area is 202 Å². The van der Waals surface area contributed by atoms with Gasteiger partial charge in [0, 0.05) is 12.4 Å². The van der Waals surface area contributed by atoms with Crippen molar-refractivity contribution in [3.8, 4) is 11.1 Å². The molecule has 4 aromatic rings. The van der Waals surface area contributed by atoms with Crippen molar-refractivity contribution in [2.24, 2.45) is 12.8 Å². The summed E-state index contributed by atoms with van der Waals surface area (Å²) in [5, 5.41) is 17.7. The van der Waals surface area contributed by atoms with Crippen LogP contribution in [0.2, 0.25) is 0 Å². The minimum absolute atomic E-state index is 0.0542. The van der Waals surface area contributed by atoms with Crippen LogP contribution in [0.5, 0.6) is 0 Å². The van der Waals surface area contributed by atoms with Crippen LogP contribution in [-0.2, 0) is 13.2 Å². The number of nitro groups is 1. The number of rotatable bonds is 5. The van der Waals surface area contributed by atoms with Crippen LogP contribution in [0.15, 0.2) is 30.3 Å². The molecule has 0 bridgehead atoms. The summed E-state index contributed by atoms with van der Waals surface area (Å²) in [4.78, 5) is 39.0. The highest BCUT2D eigenvalue weighted by Crippen LogP contribution is 2.44. The number of fused-ring (bicyclic) bond motifs is 1. The van der Waals surface area contributed by atoms with Crippen LogP contribution >= 0.6 is 11.3 Å². The molecule has 15 heteroatoms. The molecule has 0 saturated carbocycles. The number of hydrogen-bond acceptors (Lipinski definition) is 7. The van der Waals surface area contributed by atoms with Crippen LogP contribution in [0.25, 0.3) is 21.3 Å². The van der Waals surface area contributed by atoms with E-state index in [4.69, 9.17) is 5.73 Å². The van der Waals surface area contributed by atoms with E-state index in [1.54, 1.807) is 0 Å². The molecule has 0 saturated heterocycles. The summed E-state index contributed by atoms with van der Waals surface area (Å²) >= 11 is 0.501. The second-order valence-electron chi connectivity index (χ2n) is 7.53. The van der Waals surface area contributed by atoms with E-state index in [-0.39, 0.29) is 37.6 Å². The molecule has 4 rings (SSSR count). The lowest BCUT2D eigenvalue weighted by Crippen LogP contribution is -2.20. The molecule has 0 fully saturated rings. The van der Waals surface area contributed by atoms with E-state index in [0.29, 0.717) is 17.4 Å². The quantitative estimate of drug-likeness (QED) is 0.225. The van der Waals surface area contributed by atoms with Crippen molar-refractivity contribution in [1.82, 2.24) is 14.8 Å². The molecule has 10 nitrogen and oxygen atoms in total. The van der Waals surface area contributed by atoms with Gasteiger partial charge in [0.25, 0.3) is 11.8 Å². The number of benzene rings is 1. The molecule has 0 radical (unpaired) electrons. The number of anilines is 1. The Hall–Kier alpha value is -4.40. The lowest BCUT2D eigenvalue weighted by Gasteiger charge is -2.12. The zero-order valence-corrected chi connectivity index (χ0v) is 19.1. The number of nitrogens with one attached hydrogen (secondary N) is 1. The fourth-order valence-electron chi connectivity index (χ4n) is 3.69. The number of aromatic nitrogens is 3. The molecule has 1 aromatic carbocycles. The minimum Gasteiger partial charge on any atom is -0.365 e. The number of thiophene rings is 1. The number of nitrogens with two attached hydrogens (primary N) is 1. The molecular formula is C21H14F4N6O4S. The predicted octanol–water partition coefficient (Wildman–Crippen LogP) is 4.42. The van der Waals surface area contributed by atoms with Gasteiger partial charge in [0.15, 0.2) is 0 Å². The standard InChI is InChI=1S/C21H14F4N6O4S/c1-8-15(31(34)35)16(30(2)29-8)19(33)28-14-13-11(9-3-5-10(22)6-4-9)7-12(21(23,24)25)27-20(13)36-17(14)18(26)32/h3-7H,1-2H3,(H2,26,32)(H,28,33). The van der Waals surface area contributed by atoms with Crippen molar-refractivity contribution in [2.75, 3.05) is 5.32 Å². The largest absolute Gasteiger partial charge is 0.433 e. The maximum atomic E-state index is 13.6. The number of primary amides is 1. The molecule has 0 spiro atoms. The third-order valence-electron chi connectivity index (χ3n) is 5.16. The average Bonchev–Trinajstić information content (AvgIpc) is 3.29. The van der Waals surface area contributed by atoms with Gasteiger partial charge in [0.1, 0.15) is 26.9 Å². The van der Waals surface area contributed by atoms with Crippen molar-refractivity contribution in [1.29, 1.82) is 0 Å². The van der Waals surface area contributed by atoms with Crippen LogP contribution in [0, 0.1) is 22.9 Å². The van der Waals surface area contributed by atoms with Gasteiger partial charge in [0.05, 0.1) is 10.6 Å². The van der Waals surface area contributed by atoms with E-state index >= 15 is 0 Å². The first-order chi connectivity index (χ1) is 16.8. The molecule has 0 aliphatic rings. The molecule has 3 N–H and O–H groups in total. The number of halogens is 4. The van der Waals surface area contributed by atoms with Gasteiger partial charge in [-0.2, -0.15) is 18.3 Å². The monoisotopic (exact) mass is 522 g/mol. The Morgan fingerprint density at radius 3 is 2.42 bits per heavy atom. The summed E-state index contributed by atoms with van der Waals surface area (Å²) in [7, 11) is 1.29. The van der Waals surface area contributed by atoms with Crippen molar-refractivity contribution in [3.05, 3.63) is 68.2 Å². The highest BCUT2D eigenvalue weighted by atomic mass is 32.1. The number of alkyl halides is 3. The van der Waals surface area contributed by atoms with Crippen LogP contribution in [0.1, 0.15) is 31.5 Å². The van der Waals surface area contributed by atoms with E-state index in [1.807, 2.05) is 0 Å². The number of pyridine rings is 1. The summed E-state index contributed by atoms with van der Waals surface area (Å²) in [6, 6.07) is 5.17. The van der Waals surface area contributed by atoms with E-state index in [0.717, 1.165) is 16.8 Å². The van der Waals surface area contributed by atoms with E-state index in [1.165, 1.54) is 26.1 Å². The minimum atomic E-state index is -4.86. The number of aryl methyl sites for hydroxylation is 2. The molecule has 0 unspecified atom stereocenters. The number of hydrogen-bond donors (Lipinski definition) is 2. The van der Waals surface area contributed by atoms with E-state index in [2.05, 4.69) is 15.4 Å². The summed E-state index contributed by atoms with van der Waals surface area (Å²) in [6.07, 6.45) is -4.86. The van der Waals surface area contributed by atoms with Crippen LogP contribution in [-0.4, -0.2) is 31.5 Å². The second-order valence-corrected chi connectivity index (χ2v) is 8.53. The van der Waals surface area contributed by atoms with Crippen molar-refractivity contribution >= 4 is 44.7 Å². The Kier molecular flexibility index (Phi) is 5.95. The zero-order chi connectivity index (χ0) is 26.5. The molecular weight excluding hydrogens is 508 g/mol. The number of amides is 2. The van der Waals surface area contributed by atoms with Crippen molar-refractivity contribution in [2.45, 2.75) is 13.1 Å². The lowest BCUT2D eigenvalue weighted by molar-refractivity contribution is -0.385. The molecule has 0 aliphatic carbocycles. The van der Waals surface area contributed by atoms with Crippen LogP contribution in [0.3, 0.4) is 0 Å². The summed E-state index contributed by atoms with van der Waals surface area (Å²) in [6.45, 7) is 1.32. The van der Waals surface area contributed by atoms with Gasteiger partial charge in [-0.15, -0.1) is 11.3 Å². The average molecular weight is 522 g/mol. The van der Waals surface area contributed by atoms with Crippen molar-refractivity contribution < 1.29 is 32.1 Å². The van der Waals surface area contributed by atoms with Crippen LogP contribution < -0.4 is 11.1 Å². The highest BCUT2D eigenvalue weighted by molar-refractivity contribution is 7.21. The third-order valence-corrected chi connectivity index (χ3v) is 6.26. The Morgan fingerprint density at radius 2 is 1.86 bits per heavy atom. The maximum absolute atomic E-state index is 13.6. The topological polar surface area (TPSA) is 146 Å². The molecule has 0 aliphatic heterocycles. The normalized spacial score (nSPS) is 11.6.